The Morgan fingerprint density at radius 3 is 3.22 bits per heavy atom. The number of H-pyrrole nitrogens is 1. The summed E-state index contributed by atoms with van der Waals surface area (Å²) in [7, 11) is 0. The monoisotopic (exact) mass is 258 g/mol. The van der Waals surface area contributed by atoms with Crippen LogP contribution in [0.1, 0.15) is 4.88 Å². The van der Waals surface area contributed by atoms with Crippen molar-refractivity contribution in [2.75, 3.05) is 5.32 Å². The molecule has 90 valence electrons. The van der Waals surface area contributed by atoms with Crippen LogP contribution in [0.15, 0.2) is 36.1 Å². The number of nitrogens with one attached hydrogen (secondary N) is 2. The van der Waals surface area contributed by atoms with E-state index < -0.39 is 0 Å². The minimum absolute atomic E-state index is 0.0434. The number of aromatic amines is 1. The maximum absolute atomic E-state index is 11.8. The first-order valence-electron chi connectivity index (χ1n) is 5.42. The second kappa shape index (κ2) is 4.58. The van der Waals surface area contributed by atoms with Gasteiger partial charge in [0.1, 0.15) is 0 Å². The van der Waals surface area contributed by atoms with Gasteiger partial charge in [-0.15, -0.1) is 11.3 Å². The molecule has 1 amide bonds. The van der Waals surface area contributed by atoms with Crippen molar-refractivity contribution in [2.24, 2.45) is 0 Å². The Hall–Kier alpha value is -2.21. The van der Waals surface area contributed by atoms with Gasteiger partial charge < -0.3 is 10.3 Å². The summed E-state index contributed by atoms with van der Waals surface area (Å²) in [4.78, 5) is 24.0. The lowest BCUT2D eigenvalue weighted by molar-refractivity contribution is -0.115. The predicted octanol–water partition coefficient (Wildman–Crippen LogP) is 2.20. The number of nitrogens with zero attached hydrogens (tertiary/aromatic N) is 2. The molecule has 3 rings (SSSR count). The molecule has 18 heavy (non-hydrogen) atoms. The van der Waals surface area contributed by atoms with Gasteiger partial charge >= 0.3 is 0 Å². The van der Waals surface area contributed by atoms with Crippen molar-refractivity contribution in [1.82, 2.24) is 15.0 Å². The summed E-state index contributed by atoms with van der Waals surface area (Å²) in [5.41, 5.74) is 2.13. The number of anilines is 1. The van der Waals surface area contributed by atoms with E-state index in [-0.39, 0.29) is 5.91 Å². The number of rotatable bonds is 3. The van der Waals surface area contributed by atoms with Crippen molar-refractivity contribution in [2.45, 2.75) is 6.42 Å². The van der Waals surface area contributed by atoms with Gasteiger partial charge in [-0.2, -0.15) is 0 Å². The molecule has 3 heterocycles. The van der Waals surface area contributed by atoms with Crippen LogP contribution in [0.5, 0.6) is 0 Å². The number of carbonyl (C=O) groups excluding carboxylic acids is 1. The molecule has 5 nitrogen and oxygen atoms in total. The number of carbonyl (C=O) groups is 1. The molecule has 0 aromatic carbocycles. The first-order valence-corrected chi connectivity index (χ1v) is 6.30. The van der Waals surface area contributed by atoms with Crippen molar-refractivity contribution in [3.05, 3.63) is 41.0 Å². The Morgan fingerprint density at radius 2 is 2.39 bits per heavy atom. The standard InChI is InChI=1S/C12H10N4OS/c17-11(5-9-2-1-3-18-9)16-8-4-10-12(13-6-8)15-7-14-10/h1-4,6-7H,5H2,(H,16,17)(H,13,14,15). The van der Waals surface area contributed by atoms with Crippen LogP contribution in [0.2, 0.25) is 0 Å². The van der Waals surface area contributed by atoms with Crippen molar-refractivity contribution in [3.63, 3.8) is 0 Å². The van der Waals surface area contributed by atoms with E-state index in [1.165, 1.54) is 0 Å². The molecule has 0 fully saturated rings. The number of fused-ring (bicyclic) bond motifs is 1. The fraction of sp³-hybridized carbons (Fsp3) is 0.0833. The first-order chi connectivity index (χ1) is 8.81. The number of pyridine rings is 1. The molecule has 0 aliphatic rings. The third kappa shape index (κ3) is 2.23. The van der Waals surface area contributed by atoms with Gasteiger partial charge in [-0.05, 0) is 17.5 Å². The Morgan fingerprint density at radius 1 is 1.44 bits per heavy atom. The molecule has 0 bridgehead atoms. The van der Waals surface area contributed by atoms with Gasteiger partial charge in [0.15, 0.2) is 5.65 Å². The average molecular weight is 258 g/mol. The van der Waals surface area contributed by atoms with Gasteiger partial charge in [-0.1, -0.05) is 6.07 Å². The minimum Gasteiger partial charge on any atom is -0.343 e. The van der Waals surface area contributed by atoms with E-state index in [0.29, 0.717) is 17.8 Å². The van der Waals surface area contributed by atoms with Crippen LogP contribution in [0.3, 0.4) is 0 Å². The summed E-state index contributed by atoms with van der Waals surface area (Å²) in [6.45, 7) is 0. The van der Waals surface area contributed by atoms with Crippen LogP contribution < -0.4 is 5.32 Å². The highest BCUT2D eigenvalue weighted by atomic mass is 32.1. The molecule has 0 spiro atoms. The molecular weight excluding hydrogens is 248 g/mol. The Kier molecular flexibility index (Phi) is 2.77. The Labute approximate surface area is 107 Å². The molecule has 3 aromatic rings. The molecule has 0 radical (unpaired) electrons. The van der Waals surface area contributed by atoms with Crippen LogP contribution in [0, 0.1) is 0 Å². The third-order valence-electron chi connectivity index (χ3n) is 2.47. The van der Waals surface area contributed by atoms with Gasteiger partial charge in [0, 0.05) is 4.88 Å². The molecule has 0 aliphatic heterocycles. The zero-order valence-electron chi connectivity index (χ0n) is 9.38. The molecule has 3 aromatic heterocycles. The average Bonchev–Trinajstić information content (AvgIpc) is 2.98. The van der Waals surface area contributed by atoms with E-state index in [2.05, 4.69) is 20.3 Å². The van der Waals surface area contributed by atoms with E-state index in [1.807, 2.05) is 23.6 Å². The second-order valence-corrected chi connectivity index (χ2v) is 4.83. The van der Waals surface area contributed by atoms with E-state index >= 15 is 0 Å². The zero-order chi connectivity index (χ0) is 12.4. The summed E-state index contributed by atoms with van der Waals surface area (Å²) in [6, 6.07) is 5.70. The van der Waals surface area contributed by atoms with Gasteiger partial charge in [-0.3, -0.25) is 4.79 Å². The van der Waals surface area contributed by atoms with Crippen molar-refractivity contribution >= 4 is 34.1 Å². The van der Waals surface area contributed by atoms with Crippen molar-refractivity contribution < 1.29 is 4.79 Å². The first kappa shape index (κ1) is 10.9. The topological polar surface area (TPSA) is 70.7 Å². The predicted molar refractivity (Wildman–Crippen MR) is 70.5 cm³/mol. The lowest BCUT2D eigenvalue weighted by Crippen LogP contribution is -2.13. The normalized spacial score (nSPS) is 10.7. The van der Waals surface area contributed by atoms with Crippen LogP contribution in [0.25, 0.3) is 11.2 Å². The smallest absolute Gasteiger partial charge is 0.229 e. The molecule has 0 unspecified atom stereocenters. The molecule has 0 aliphatic carbocycles. The highest BCUT2D eigenvalue weighted by Crippen LogP contribution is 2.14. The number of hydrogen-bond donors (Lipinski definition) is 2. The molecule has 2 N–H and O–H groups in total. The summed E-state index contributed by atoms with van der Waals surface area (Å²) >= 11 is 1.57. The van der Waals surface area contributed by atoms with Gasteiger partial charge in [0.25, 0.3) is 0 Å². The number of aromatic nitrogens is 3. The van der Waals surface area contributed by atoms with Crippen LogP contribution in [-0.2, 0) is 11.2 Å². The van der Waals surface area contributed by atoms with E-state index in [4.69, 9.17) is 0 Å². The Balaban J connectivity index is 1.73. The highest BCUT2D eigenvalue weighted by Gasteiger charge is 2.06. The van der Waals surface area contributed by atoms with E-state index in [0.717, 1.165) is 10.4 Å². The summed E-state index contributed by atoms with van der Waals surface area (Å²) in [5, 5.41) is 4.78. The maximum Gasteiger partial charge on any atom is 0.229 e. The second-order valence-electron chi connectivity index (χ2n) is 3.80. The number of imidazole rings is 1. The molecule has 0 saturated carbocycles. The van der Waals surface area contributed by atoms with Crippen molar-refractivity contribution in [3.8, 4) is 0 Å². The quantitative estimate of drug-likeness (QED) is 0.756. The van der Waals surface area contributed by atoms with E-state index in [1.54, 1.807) is 23.9 Å². The van der Waals surface area contributed by atoms with Crippen LogP contribution >= 0.6 is 11.3 Å². The van der Waals surface area contributed by atoms with Gasteiger partial charge in [-0.25, -0.2) is 9.97 Å². The number of thiophene rings is 1. The molecule has 0 atom stereocenters. The number of amides is 1. The van der Waals surface area contributed by atoms with Crippen LogP contribution in [0.4, 0.5) is 5.69 Å². The summed E-state index contributed by atoms with van der Waals surface area (Å²) < 4.78 is 0. The molecular formula is C12H10N4OS. The summed E-state index contributed by atoms with van der Waals surface area (Å²) in [6.07, 6.45) is 3.57. The van der Waals surface area contributed by atoms with E-state index in [9.17, 15) is 4.79 Å². The largest absolute Gasteiger partial charge is 0.343 e. The van der Waals surface area contributed by atoms with Crippen LogP contribution in [-0.4, -0.2) is 20.9 Å². The maximum atomic E-state index is 11.8. The lowest BCUT2D eigenvalue weighted by atomic mass is 10.3. The highest BCUT2D eigenvalue weighted by molar-refractivity contribution is 7.10. The fourth-order valence-electron chi connectivity index (χ4n) is 1.67. The lowest BCUT2D eigenvalue weighted by Gasteiger charge is -2.03. The van der Waals surface area contributed by atoms with Gasteiger partial charge in [0.05, 0.1) is 30.1 Å². The third-order valence-corrected chi connectivity index (χ3v) is 3.35. The molecule has 0 saturated heterocycles. The summed E-state index contributed by atoms with van der Waals surface area (Å²) in [5.74, 6) is -0.0434. The zero-order valence-corrected chi connectivity index (χ0v) is 10.2. The van der Waals surface area contributed by atoms with Crippen molar-refractivity contribution in [1.29, 1.82) is 0 Å². The molecule has 6 heteroatoms. The van der Waals surface area contributed by atoms with Gasteiger partial charge in [0.2, 0.25) is 5.91 Å². The number of hydrogen-bond acceptors (Lipinski definition) is 4. The Bertz CT molecular complexity index is 674. The minimum atomic E-state index is -0.0434. The SMILES string of the molecule is O=C(Cc1cccs1)Nc1cnc2nc[nH]c2c1. The fourth-order valence-corrected chi connectivity index (χ4v) is 2.38.